The molecule has 3 rings (SSSR count). The molecule has 0 spiro atoms. The first kappa shape index (κ1) is 20.9. The van der Waals surface area contributed by atoms with Crippen molar-refractivity contribution in [3.05, 3.63) is 108 Å². The molecule has 0 fully saturated rings. The molecule has 1 amide bonds. The smallest absolute Gasteiger partial charge is 0.326 e. The molecule has 5 nitrogen and oxygen atoms in total. The molecule has 0 bridgehead atoms. The standard InChI is InChI=1S/C25H23NO4/c27-24(26-23(25(28)29)17-20-7-3-1-4-8-20)16-15-19-11-13-21(14-12-19)18-30-22-9-5-2-6-10-22/h1-16,23H,17-18H2,(H,26,27)(H,28,29)/b16-15+/t23-/m0/s1. The molecule has 152 valence electrons. The lowest BCUT2D eigenvalue weighted by atomic mass is 10.1. The molecule has 0 aliphatic heterocycles. The number of carbonyl (C=O) groups excluding carboxylic acids is 1. The molecule has 5 heteroatoms. The van der Waals surface area contributed by atoms with Crippen molar-refractivity contribution in [2.45, 2.75) is 19.1 Å². The fourth-order valence-electron chi connectivity index (χ4n) is 2.85. The Hall–Kier alpha value is -3.86. The van der Waals surface area contributed by atoms with Crippen LogP contribution in [0, 0.1) is 0 Å². The first-order chi connectivity index (χ1) is 14.6. The Morgan fingerprint density at radius 1 is 0.867 bits per heavy atom. The molecular formula is C25H23NO4. The number of hydrogen-bond donors (Lipinski definition) is 2. The van der Waals surface area contributed by atoms with Gasteiger partial charge in [-0.15, -0.1) is 0 Å². The lowest BCUT2D eigenvalue weighted by Gasteiger charge is -2.13. The number of amides is 1. The van der Waals surface area contributed by atoms with E-state index in [-0.39, 0.29) is 6.42 Å². The van der Waals surface area contributed by atoms with Crippen LogP contribution in [0.1, 0.15) is 16.7 Å². The molecule has 0 aliphatic rings. The number of para-hydroxylation sites is 1. The summed E-state index contributed by atoms with van der Waals surface area (Å²) < 4.78 is 5.71. The lowest BCUT2D eigenvalue weighted by molar-refractivity contribution is -0.141. The number of aliphatic carboxylic acids is 1. The van der Waals surface area contributed by atoms with Gasteiger partial charge in [0.05, 0.1) is 0 Å². The molecule has 0 radical (unpaired) electrons. The molecule has 0 heterocycles. The topological polar surface area (TPSA) is 75.6 Å². The number of ether oxygens (including phenoxy) is 1. The molecular weight excluding hydrogens is 378 g/mol. The van der Waals surface area contributed by atoms with Crippen LogP contribution < -0.4 is 10.1 Å². The predicted molar refractivity (Wildman–Crippen MR) is 116 cm³/mol. The second-order valence-electron chi connectivity index (χ2n) is 6.77. The summed E-state index contributed by atoms with van der Waals surface area (Å²) in [4.78, 5) is 23.6. The number of carboxylic acid groups (broad SMARTS) is 1. The normalized spacial score (nSPS) is 11.7. The molecule has 0 aliphatic carbocycles. The van der Waals surface area contributed by atoms with Crippen molar-refractivity contribution >= 4 is 18.0 Å². The highest BCUT2D eigenvalue weighted by Gasteiger charge is 2.19. The third-order valence-electron chi connectivity index (χ3n) is 4.45. The highest BCUT2D eigenvalue weighted by molar-refractivity contribution is 5.94. The van der Waals surface area contributed by atoms with Gasteiger partial charge in [-0.2, -0.15) is 0 Å². The summed E-state index contributed by atoms with van der Waals surface area (Å²) in [6, 6.07) is 25.4. The van der Waals surface area contributed by atoms with Gasteiger partial charge in [-0.3, -0.25) is 4.79 Å². The van der Waals surface area contributed by atoms with Gasteiger partial charge in [-0.1, -0.05) is 72.8 Å². The van der Waals surface area contributed by atoms with Crippen molar-refractivity contribution < 1.29 is 19.4 Å². The van der Waals surface area contributed by atoms with Crippen LogP contribution in [0.3, 0.4) is 0 Å². The Labute approximate surface area is 175 Å². The van der Waals surface area contributed by atoms with E-state index < -0.39 is 17.9 Å². The van der Waals surface area contributed by atoms with Crippen LogP contribution in [0.5, 0.6) is 5.75 Å². The van der Waals surface area contributed by atoms with Crippen molar-refractivity contribution in [3.63, 3.8) is 0 Å². The Morgan fingerprint density at radius 2 is 1.50 bits per heavy atom. The molecule has 3 aromatic carbocycles. The Morgan fingerprint density at radius 3 is 2.13 bits per heavy atom. The zero-order chi connectivity index (χ0) is 21.2. The van der Waals surface area contributed by atoms with Crippen molar-refractivity contribution in [1.82, 2.24) is 5.32 Å². The maximum atomic E-state index is 12.2. The predicted octanol–water partition coefficient (Wildman–Crippen LogP) is 4.09. The number of carboxylic acids is 1. The molecule has 2 N–H and O–H groups in total. The minimum absolute atomic E-state index is 0.228. The highest BCUT2D eigenvalue weighted by Crippen LogP contribution is 2.13. The second kappa shape index (κ2) is 10.6. The number of carbonyl (C=O) groups is 2. The van der Waals surface area contributed by atoms with Crippen LogP contribution in [-0.2, 0) is 22.6 Å². The van der Waals surface area contributed by atoms with Gasteiger partial charge in [0.1, 0.15) is 18.4 Å². The van der Waals surface area contributed by atoms with E-state index in [1.807, 2.05) is 84.9 Å². The monoisotopic (exact) mass is 401 g/mol. The van der Waals surface area contributed by atoms with Gasteiger partial charge in [0.15, 0.2) is 0 Å². The zero-order valence-corrected chi connectivity index (χ0v) is 16.4. The van der Waals surface area contributed by atoms with Crippen molar-refractivity contribution in [3.8, 4) is 5.75 Å². The maximum absolute atomic E-state index is 12.2. The highest BCUT2D eigenvalue weighted by atomic mass is 16.5. The van der Waals surface area contributed by atoms with E-state index in [4.69, 9.17) is 4.74 Å². The third-order valence-corrected chi connectivity index (χ3v) is 4.45. The van der Waals surface area contributed by atoms with Gasteiger partial charge in [0.2, 0.25) is 5.91 Å². The fourth-order valence-corrected chi connectivity index (χ4v) is 2.85. The molecule has 0 saturated heterocycles. The third kappa shape index (κ3) is 6.63. The molecule has 0 saturated carbocycles. The van der Waals surface area contributed by atoms with Crippen LogP contribution >= 0.6 is 0 Å². The van der Waals surface area contributed by atoms with E-state index in [9.17, 15) is 14.7 Å². The van der Waals surface area contributed by atoms with Crippen LogP contribution in [0.15, 0.2) is 91.0 Å². The quantitative estimate of drug-likeness (QED) is 0.530. The average molecular weight is 401 g/mol. The number of hydrogen-bond acceptors (Lipinski definition) is 3. The molecule has 30 heavy (non-hydrogen) atoms. The van der Waals surface area contributed by atoms with Crippen LogP contribution in [-0.4, -0.2) is 23.0 Å². The molecule has 1 atom stereocenters. The lowest BCUT2D eigenvalue weighted by Crippen LogP contribution is -2.41. The van der Waals surface area contributed by atoms with Crippen molar-refractivity contribution in [1.29, 1.82) is 0 Å². The van der Waals surface area contributed by atoms with E-state index in [0.29, 0.717) is 6.61 Å². The van der Waals surface area contributed by atoms with Gasteiger partial charge >= 0.3 is 5.97 Å². The second-order valence-corrected chi connectivity index (χ2v) is 6.77. The minimum Gasteiger partial charge on any atom is -0.489 e. The van der Waals surface area contributed by atoms with E-state index in [0.717, 1.165) is 22.4 Å². The maximum Gasteiger partial charge on any atom is 0.326 e. The summed E-state index contributed by atoms with van der Waals surface area (Å²) in [7, 11) is 0. The Kier molecular flexibility index (Phi) is 7.39. The van der Waals surface area contributed by atoms with Crippen molar-refractivity contribution in [2.75, 3.05) is 0 Å². The van der Waals surface area contributed by atoms with E-state index in [2.05, 4.69) is 5.32 Å². The molecule has 3 aromatic rings. The van der Waals surface area contributed by atoms with Gasteiger partial charge in [-0.05, 0) is 34.9 Å². The number of nitrogens with one attached hydrogen (secondary N) is 1. The summed E-state index contributed by atoms with van der Waals surface area (Å²) in [6.07, 6.45) is 3.22. The minimum atomic E-state index is -1.07. The number of benzene rings is 3. The van der Waals surface area contributed by atoms with Crippen molar-refractivity contribution in [2.24, 2.45) is 0 Å². The van der Waals surface area contributed by atoms with E-state index >= 15 is 0 Å². The van der Waals surface area contributed by atoms with Gasteiger partial charge in [0, 0.05) is 12.5 Å². The van der Waals surface area contributed by atoms with Crippen LogP contribution in [0.25, 0.3) is 6.08 Å². The summed E-state index contributed by atoms with van der Waals surface area (Å²) in [6.45, 7) is 0.453. The van der Waals surface area contributed by atoms with Gasteiger partial charge in [-0.25, -0.2) is 4.79 Å². The largest absolute Gasteiger partial charge is 0.489 e. The first-order valence-corrected chi connectivity index (χ1v) is 9.62. The van der Waals surface area contributed by atoms with Gasteiger partial charge < -0.3 is 15.2 Å². The fraction of sp³-hybridized carbons (Fsp3) is 0.120. The zero-order valence-electron chi connectivity index (χ0n) is 16.4. The van der Waals surface area contributed by atoms with E-state index in [1.165, 1.54) is 6.08 Å². The SMILES string of the molecule is O=C(/C=C/c1ccc(COc2ccccc2)cc1)N[C@@H](Cc1ccccc1)C(=O)O. The Bertz CT molecular complexity index is 983. The summed E-state index contributed by atoms with van der Waals surface area (Å²) in [5.41, 5.74) is 2.69. The van der Waals surface area contributed by atoms with Crippen LogP contribution in [0.4, 0.5) is 0 Å². The summed E-state index contributed by atoms with van der Waals surface area (Å²) in [5, 5.41) is 11.9. The van der Waals surface area contributed by atoms with E-state index in [1.54, 1.807) is 6.08 Å². The van der Waals surface area contributed by atoms with Gasteiger partial charge in [0.25, 0.3) is 0 Å². The summed E-state index contributed by atoms with van der Waals surface area (Å²) >= 11 is 0. The summed E-state index contributed by atoms with van der Waals surface area (Å²) in [5.74, 6) is -0.708. The molecule has 0 aromatic heterocycles. The average Bonchev–Trinajstić information content (AvgIpc) is 2.78. The van der Waals surface area contributed by atoms with Crippen LogP contribution in [0.2, 0.25) is 0 Å². The first-order valence-electron chi connectivity index (χ1n) is 9.62. The number of rotatable bonds is 9. The Balaban J connectivity index is 1.52. The molecule has 0 unspecified atom stereocenters.